The zero-order chi connectivity index (χ0) is 20.3. The van der Waals surface area contributed by atoms with Crippen LogP contribution in [0.15, 0.2) is 54.6 Å². The molecule has 2 aliphatic rings. The van der Waals surface area contributed by atoms with Gasteiger partial charge in [-0.15, -0.1) is 0 Å². The number of morpholine rings is 1. The van der Waals surface area contributed by atoms with Gasteiger partial charge >= 0.3 is 0 Å². The van der Waals surface area contributed by atoms with Crippen LogP contribution in [0.1, 0.15) is 24.8 Å². The number of amides is 2. The molecule has 5 nitrogen and oxygen atoms in total. The number of benzene rings is 2. The monoisotopic (exact) mass is 392 g/mol. The van der Waals surface area contributed by atoms with Gasteiger partial charge < -0.3 is 15.0 Å². The number of carbonyl (C=O) groups excluding carboxylic acids is 2. The first-order valence-corrected chi connectivity index (χ1v) is 10.4. The lowest BCUT2D eigenvalue weighted by Crippen LogP contribution is -2.62. The van der Waals surface area contributed by atoms with E-state index in [4.69, 9.17) is 4.74 Å². The lowest BCUT2D eigenvalue weighted by molar-refractivity contribution is -0.168. The molecule has 1 unspecified atom stereocenters. The first-order chi connectivity index (χ1) is 14.1. The summed E-state index contributed by atoms with van der Waals surface area (Å²) in [5, 5.41) is 2.76. The van der Waals surface area contributed by atoms with Crippen LogP contribution in [0, 0.1) is 5.92 Å². The van der Waals surface area contributed by atoms with Gasteiger partial charge in [0.2, 0.25) is 5.91 Å². The molecule has 1 aliphatic heterocycles. The molecular weight excluding hydrogens is 364 g/mol. The van der Waals surface area contributed by atoms with Crippen molar-refractivity contribution >= 4 is 11.8 Å². The summed E-state index contributed by atoms with van der Waals surface area (Å²) in [4.78, 5) is 27.5. The van der Waals surface area contributed by atoms with E-state index in [1.165, 1.54) is 0 Å². The Morgan fingerprint density at radius 1 is 1.10 bits per heavy atom. The van der Waals surface area contributed by atoms with Crippen molar-refractivity contribution in [3.8, 4) is 11.1 Å². The van der Waals surface area contributed by atoms with Gasteiger partial charge in [-0.3, -0.25) is 9.59 Å². The average molecular weight is 392 g/mol. The first kappa shape index (κ1) is 19.6. The SMILES string of the molecule is CNC(=O)C1(Cc2cccc(-c3ccccc3)c2)CN(C(=O)C2CCC2)CCO1. The Bertz CT molecular complexity index is 879. The summed E-state index contributed by atoms with van der Waals surface area (Å²) in [6, 6.07) is 18.4. The zero-order valence-corrected chi connectivity index (χ0v) is 16.9. The second-order valence-corrected chi connectivity index (χ2v) is 8.05. The molecule has 1 N–H and O–H groups in total. The number of carbonyl (C=O) groups is 2. The molecular formula is C24H28N2O3. The Morgan fingerprint density at radius 3 is 2.55 bits per heavy atom. The van der Waals surface area contributed by atoms with Gasteiger partial charge in [-0.25, -0.2) is 0 Å². The molecule has 1 saturated heterocycles. The van der Waals surface area contributed by atoms with Gasteiger partial charge in [-0.1, -0.05) is 61.0 Å². The Labute approximate surface area is 172 Å². The molecule has 1 saturated carbocycles. The van der Waals surface area contributed by atoms with Crippen molar-refractivity contribution in [2.24, 2.45) is 5.92 Å². The topological polar surface area (TPSA) is 58.6 Å². The van der Waals surface area contributed by atoms with Crippen molar-refractivity contribution in [3.05, 3.63) is 60.2 Å². The molecule has 1 atom stereocenters. The number of hydrogen-bond acceptors (Lipinski definition) is 3. The Balaban J connectivity index is 1.59. The third-order valence-electron chi connectivity index (χ3n) is 6.12. The van der Waals surface area contributed by atoms with Crippen LogP contribution in [-0.2, 0) is 20.7 Å². The highest BCUT2D eigenvalue weighted by molar-refractivity contribution is 5.87. The third kappa shape index (κ3) is 4.06. The summed E-state index contributed by atoms with van der Waals surface area (Å²) < 4.78 is 6.07. The van der Waals surface area contributed by atoms with Crippen LogP contribution in [0.4, 0.5) is 0 Å². The van der Waals surface area contributed by atoms with Gasteiger partial charge in [0.15, 0.2) is 5.60 Å². The van der Waals surface area contributed by atoms with Gasteiger partial charge in [-0.05, 0) is 29.5 Å². The van der Waals surface area contributed by atoms with Crippen molar-refractivity contribution < 1.29 is 14.3 Å². The zero-order valence-electron chi connectivity index (χ0n) is 16.9. The highest BCUT2D eigenvalue weighted by atomic mass is 16.5. The summed E-state index contributed by atoms with van der Waals surface area (Å²) in [7, 11) is 1.63. The molecule has 0 spiro atoms. The normalized spacial score (nSPS) is 22.0. The molecule has 2 amide bonds. The van der Waals surface area contributed by atoms with E-state index in [1.807, 2.05) is 35.2 Å². The summed E-state index contributed by atoms with van der Waals surface area (Å²) in [6.45, 7) is 1.24. The maximum Gasteiger partial charge on any atom is 0.254 e. The quantitative estimate of drug-likeness (QED) is 0.851. The van der Waals surface area contributed by atoms with E-state index < -0.39 is 5.60 Å². The fourth-order valence-corrected chi connectivity index (χ4v) is 4.26. The largest absolute Gasteiger partial charge is 0.361 e. The maximum atomic E-state index is 12.9. The number of likely N-dealkylation sites (N-methyl/N-ethyl adjacent to an activating group) is 1. The van der Waals surface area contributed by atoms with Crippen LogP contribution in [0.25, 0.3) is 11.1 Å². The van der Waals surface area contributed by atoms with Crippen LogP contribution >= 0.6 is 0 Å². The van der Waals surface area contributed by atoms with Crippen LogP contribution < -0.4 is 5.32 Å². The van der Waals surface area contributed by atoms with Gasteiger partial charge in [-0.2, -0.15) is 0 Å². The van der Waals surface area contributed by atoms with Crippen molar-refractivity contribution in [2.75, 3.05) is 26.7 Å². The number of nitrogens with one attached hydrogen (secondary N) is 1. The molecule has 1 aliphatic carbocycles. The van der Waals surface area contributed by atoms with Gasteiger partial charge in [0.05, 0.1) is 13.2 Å². The molecule has 29 heavy (non-hydrogen) atoms. The lowest BCUT2D eigenvalue weighted by atomic mass is 9.83. The minimum atomic E-state index is -1.05. The fraction of sp³-hybridized carbons (Fsp3) is 0.417. The molecule has 1 heterocycles. The molecule has 2 fully saturated rings. The second-order valence-electron chi connectivity index (χ2n) is 8.05. The van der Waals surface area contributed by atoms with E-state index in [1.54, 1.807) is 7.05 Å². The standard InChI is InChI=1S/C24H28N2O3/c1-25-23(28)24(17-26(13-14-29-24)22(27)20-10-6-11-20)16-18-7-5-12-21(15-18)19-8-3-2-4-9-19/h2-5,7-9,12,15,20H,6,10-11,13-14,16-17H2,1H3,(H,25,28). The highest BCUT2D eigenvalue weighted by Gasteiger charge is 2.45. The van der Waals surface area contributed by atoms with Gasteiger partial charge in [0.25, 0.3) is 5.91 Å². The molecule has 0 bridgehead atoms. The Morgan fingerprint density at radius 2 is 1.86 bits per heavy atom. The van der Waals surface area contributed by atoms with E-state index in [0.29, 0.717) is 26.1 Å². The van der Waals surface area contributed by atoms with Crippen molar-refractivity contribution in [3.63, 3.8) is 0 Å². The summed E-state index contributed by atoms with van der Waals surface area (Å²) in [5.41, 5.74) is 2.21. The molecule has 0 radical (unpaired) electrons. The summed E-state index contributed by atoms with van der Waals surface area (Å²) in [6.07, 6.45) is 3.47. The number of hydrogen-bond donors (Lipinski definition) is 1. The molecule has 0 aromatic heterocycles. The molecule has 152 valence electrons. The maximum absolute atomic E-state index is 12.9. The predicted molar refractivity (Wildman–Crippen MR) is 112 cm³/mol. The fourth-order valence-electron chi connectivity index (χ4n) is 4.26. The van der Waals surface area contributed by atoms with Gasteiger partial charge in [0.1, 0.15) is 0 Å². The van der Waals surface area contributed by atoms with Crippen molar-refractivity contribution in [1.29, 1.82) is 0 Å². The molecule has 5 heteroatoms. The number of nitrogens with zero attached hydrogens (tertiary/aromatic N) is 1. The van der Waals surface area contributed by atoms with Crippen LogP contribution in [0.2, 0.25) is 0 Å². The Kier molecular flexibility index (Phi) is 5.67. The minimum absolute atomic E-state index is 0.122. The second kappa shape index (κ2) is 8.37. The smallest absolute Gasteiger partial charge is 0.254 e. The minimum Gasteiger partial charge on any atom is -0.361 e. The van der Waals surface area contributed by atoms with E-state index in [9.17, 15) is 9.59 Å². The molecule has 4 rings (SSSR count). The third-order valence-corrected chi connectivity index (χ3v) is 6.12. The van der Waals surface area contributed by atoms with E-state index in [0.717, 1.165) is 36.0 Å². The van der Waals surface area contributed by atoms with Crippen molar-refractivity contribution in [2.45, 2.75) is 31.3 Å². The number of ether oxygens (including phenoxy) is 1. The summed E-state index contributed by atoms with van der Waals surface area (Å²) in [5.74, 6) is 0.122. The van der Waals surface area contributed by atoms with Crippen LogP contribution in [0.3, 0.4) is 0 Å². The van der Waals surface area contributed by atoms with Gasteiger partial charge in [0, 0.05) is 25.9 Å². The van der Waals surface area contributed by atoms with Crippen LogP contribution in [0.5, 0.6) is 0 Å². The van der Waals surface area contributed by atoms with E-state index in [2.05, 4.69) is 29.6 Å². The summed E-state index contributed by atoms with van der Waals surface area (Å²) >= 11 is 0. The van der Waals surface area contributed by atoms with E-state index in [-0.39, 0.29) is 17.7 Å². The van der Waals surface area contributed by atoms with Crippen molar-refractivity contribution in [1.82, 2.24) is 10.2 Å². The van der Waals surface area contributed by atoms with Crippen LogP contribution in [-0.4, -0.2) is 49.1 Å². The Hall–Kier alpha value is -2.66. The molecule has 2 aromatic carbocycles. The predicted octanol–water partition coefficient (Wildman–Crippen LogP) is 3.04. The highest BCUT2D eigenvalue weighted by Crippen LogP contribution is 2.32. The molecule has 2 aromatic rings. The average Bonchev–Trinajstić information content (AvgIpc) is 2.73. The number of rotatable bonds is 5. The lowest BCUT2D eigenvalue weighted by Gasteiger charge is -2.43. The van der Waals surface area contributed by atoms with E-state index >= 15 is 0 Å². The first-order valence-electron chi connectivity index (χ1n) is 10.4.